The van der Waals surface area contributed by atoms with E-state index in [1.807, 2.05) is 0 Å². The van der Waals surface area contributed by atoms with Gasteiger partial charge in [0.1, 0.15) is 17.0 Å². The van der Waals surface area contributed by atoms with Gasteiger partial charge in [-0.2, -0.15) is 0 Å². The standard InChI is InChI=1S/C18H20N2O6S/c1-17(2)18(3,23)15(25-14-8-7-13(21)19-20-14)11-9-10(16(22)27-24-4)5-6-12(11)26-17/h5-9,15,23H,1-4H3,(H,19,21). The van der Waals surface area contributed by atoms with Gasteiger partial charge in [-0.05, 0) is 39.0 Å². The number of aromatic nitrogens is 2. The van der Waals surface area contributed by atoms with Gasteiger partial charge in [-0.3, -0.25) is 9.59 Å². The molecule has 2 unspecified atom stereocenters. The SMILES string of the molecule is COSC(=O)c1ccc2c(c1)C(Oc1ccc(=O)[nH]n1)C(C)(O)C(C)(C)O2. The molecule has 2 heterocycles. The molecule has 2 atom stereocenters. The minimum atomic E-state index is -1.46. The Morgan fingerprint density at radius 1 is 1.30 bits per heavy atom. The highest BCUT2D eigenvalue weighted by Crippen LogP contribution is 2.48. The second-order valence-corrected chi connectivity index (χ2v) is 7.68. The quantitative estimate of drug-likeness (QED) is 0.762. The lowest BCUT2D eigenvalue weighted by Crippen LogP contribution is -2.59. The first kappa shape index (κ1) is 19.4. The number of aromatic amines is 1. The Kier molecular flexibility index (Phi) is 5.02. The third-order valence-electron chi connectivity index (χ3n) is 4.67. The van der Waals surface area contributed by atoms with E-state index in [2.05, 4.69) is 10.2 Å². The molecular formula is C18H20N2O6S. The molecule has 0 radical (unpaired) electrons. The summed E-state index contributed by atoms with van der Waals surface area (Å²) in [7, 11) is 1.41. The monoisotopic (exact) mass is 392 g/mol. The van der Waals surface area contributed by atoms with Gasteiger partial charge in [0.2, 0.25) is 11.0 Å². The molecular weight excluding hydrogens is 372 g/mol. The third-order valence-corrected chi connectivity index (χ3v) is 5.23. The van der Waals surface area contributed by atoms with Gasteiger partial charge in [0, 0.05) is 23.3 Å². The van der Waals surface area contributed by atoms with E-state index in [-0.39, 0.29) is 16.6 Å². The van der Waals surface area contributed by atoms with E-state index in [9.17, 15) is 14.7 Å². The Bertz CT molecular complexity index is 904. The van der Waals surface area contributed by atoms with Crippen molar-refractivity contribution in [3.05, 3.63) is 51.8 Å². The zero-order valence-electron chi connectivity index (χ0n) is 15.3. The number of benzene rings is 1. The van der Waals surface area contributed by atoms with Crippen LogP contribution >= 0.6 is 12.0 Å². The van der Waals surface area contributed by atoms with E-state index in [0.29, 0.717) is 28.9 Å². The number of aliphatic hydroxyl groups is 1. The smallest absolute Gasteiger partial charge is 0.264 e. The number of nitrogens with one attached hydrogen (secondary N) is 1. The maximum absolute atomic E-state index is 12.2. The van der Waals surface area contributed by atoms with Crippen molar-refractivity contribution in [1.29, 1.82) is 0 Å². The molecule has 0 spiro atoms. The van der Waals surface area contributed by atoms with Crippen LogP contribution in [0.25, 0.3) is 0 Å². The zero-order valence-corrected chi connectivity index (χ0v) is 16.1. The lowest BCUT2D eigenvalue weighted by atomic mass is 9.77. The maximum atomic E-state index is 12.2. The van der Waals surface area contributed by atoms with Crippen LogP contribution in [0.15, 0.2) is 35.1 Å². The van der Waals surface area contributed by atoms with Gasteiger partial charge in [0.15, 0.2) is 6.10 Å². The fraction of sp³-hybridized carbons (Fsp3) is 0.389. The molecule has 2 N–H and O–H groups in total. The summed E-state index contributed by atoms with van der Waals surface area (Å²) in [6, 6.07) is 7.57. The van der Waals surface area contributed by atoms with E-state index in [4.69, 9.17) is 13.7 Å². The summed E-state index contributed by atoms with van der Waals surface area (Å²) >= 11 is 0.706. The topological polar surface area (TPSA) is 111 Å². The van der Waals surface area contributed by atoms with E-state index < -0.39 is 17.3 Å². The van der Waals surface area contributed by atoms with Crippen molar-refractivity contribution >= 4 is 17.2 Å². The molecule has 0 aliphatic carbocycles. The number of nitrogens with zero attached hydrogens (tertiary/aromatic N) is 1. The van der Waals surface area contributed by atoms with Crippen molar-refractivity contribution in [3.63, 3.8) is 0 Å². The second kappa shape index (κ2) is 6.99. The van der Waals surface area contributed by atoms with Crippen LogP contribution in [-0.4, -0.2) is 38.7 Å². The highest BCUT2D eigenvalue weighted by molar-refractivity contribution is 8.10. The summed E-state index contributed by atoms with van der Waals surface area (Å²) in [4.78, 5) is 23.4. The van der Waals surface area contributed by atoms with Crippen LogP contribution in [0.4, 0.5) is 0 Å². The van der Waals surface area contributed by atoms with Crippen LogP contribution < -0.4 is 15.0 Å². The summed E-state index contributed by atoms with van der Waals surface area (Å²) in [5, 5.41) is 17.0. The molecule has 0 bridgehead atoms. The zero-order chi connectivity index (χ0) is 19.8. The molecule has 0 saturated carbocycles. The lowest BCUT2D eigenvalue weighted by molar-refractivity contribution is -0.175. The lowest BCUT2D eigenvalue weighted by Gasteiger charge is -2.48. The van der Waals surface area contributed by atoms with E-state index in [1.54, 1.807) is 39.0 Å². The molecule has 0 saturated heterocycles. The van der Waals surface area contributed by atoms with Gasteiger partial charge in [-0.1, -0.05) is 0 Å². The molecule has 2 aromatic rings. The molecule has 8 nitrogen and oxygen atoms in total. The number of hydrogen-bond acceptors (Lipinski definition) is 8. The van der Waals surface area contributed by atoms with E-state index in [0.717, 1.165) is 0 Å². The van der Waals surface area contributed by atoms with Crippen molar-refractivity contribution in [2.45, 2.75) is 38.1 Å². The average molecular weight is 392 g/mol. The molecule has 9 heteroatoms. The Balaban J connectivity index is 2.08. The molecule has 1 aliphatic rings. The fourth-order valence-electron chi connectivity index (χ4n) is 2.79. The van der Waals surface area contributed by atoms with Gasteiger partial charge in [-0.15, -0.1) is 5.10 Å². The summed E-state index contributed by atoms with van der Waals surface area (Å²) in [5.74, 6) is 0.617. The van der Waals surface area contributed by atoms with Crippen LogP contribution in [0.5, 0.6) is 11.6 Å². The first-order valence-electron chi connectivity index (χ1n) is 8.18. The number of fused-ring (bicyclic) bond motifs is 1. The number of rotatable bonds is 4. The molecule has 0 fully saturated rings. The molecule has 1 aliphatic heterocycles. The first-order valence-corrected chi connectivity index (χ1v) is 8.92. The molecule has 1 aromatic carbocycles. The average Bonchev–Trinajstić information content (AvgIpc) is 2.60. The van der Waals surface area contributed by atoms with Crippen LogP contribution in [0, 0.1) is 0 Å². The molecule has 3 rings (SSSR count). The second-order valence-electron chi connectivity index (χ2n) is 6.81. The molecule has 27 heavy (non-hydrogen) atoms. The predicted molar refractivity (Wildman–Crippen MR) is 98.9 cm³/mol. The third kappa shape index (κ3) is 3.58. The number of carbonyl (C=O) groups excluding carboxylic acids is 1. The predicted octanol–water partition coefficient (Wildman–Crippen LogP) is 2.25. The van der Waals surface area contributed by atoms with E-state index in [1.165, 1.54) is 19.2 Å². The Morgan fingerprint density at radius 3 is 2.67 bits per heavy atom. The summed E-state index contributed by atoms with van der Waals surface area (Å²) < 4.78 is 16.7. The van der Waals surface area contributed by atoms with Crippen molar-refractivity contribution in [1.82, 2.24) is 10.2 Å². The van der Waals surface area contributed by atoms with Gasteiger partial charge >= 0.3 is 0 Å². The minimum Gasteiger partial charge on any atom is -0.484 e. The van der Waals surface area contributed by atoms with Gasteiger partial charge in [-0.25, -0.2) is 5.10 Å². The van der Waals surface area contributed by atoms with Crippen LogP contribution in [0.1, 0.15) is 42.8 Å². The Labute approximate surface area is 160 Å². The summed E-state index contributed by atoms with van der Waals surface area (Å²) in [6.45, 7) is 5.07. The number of ether oxygens (including phenoxy) is 2. The van der Waals surface area contributed by atoms with Crippen LogP contribution in [0.2, 0.25) is 0 Å². The van der Waals surface area contributed by atoms with E-state index >= 15 is 0 Å². The van der Waals surface area contributed by atoms with Crippen molar-refractivity contribution in [2.24, 2.45) is 0 Å². The van der Waals surface area contributed by atoms with Crippen LogP contribution in [0.3, 0.4) is 0 Å². The van der Waals surface area contributed by atoms with Crippen molar-refractivity contribution in [2.75, 3.05) is 7.11 Å². The molecule has 0 amide bonds. The highest BCUT2D eigenvalue weighted by Gasteiger charge is 2.54. The fourth-order valence-corrected chi connectivity index (χ4v) is 3.16. The Morgan fingerprint density at radius 2 is 2.04 bits per heavy atom. The molecule has 144 valence electrons. The first-order chi connectivity index (χ1) is 12.7. The number of hydrogen-bond donors (Lipinski definition) is 2. The summed E-state index contributed by atoms with van der Waals surface area (Å²) in [5.41, 5.74) is -1.95. The van der Waals surface area contributed by atoms with Crippen molar-refractivity contribution in [3.8, 4) is 11.6 Å². The van der Waals surface area contributed by atoms with Gasteiger partial charge in [0.25, 0.3) is 5.56 Å². The van der Waals surface area contributed by atoms with Crippen molar-refractivity contribution < 1.29 is 23.6 Å². The minimum absolute atomic E-state index is 0.131. The van der Waals surface area contributed by atoms with Gasteiger partial charge < -0.3 is 18.8 Å². The Hall–Kier alpha value is -2.36. The van der Waals surface area contributed by atoms with Gasteiger partial charge in [0.05, 0.1) is 19.2 Å². The largest absolute Gasteiger partial charge is 0.484 e. The normalized spacial score (nSPS) is 23.2. The highest BCUT2D eigenvalue weighted by atomic mass is 32.2. The maximum Gasteiger partial charge on any atom is 0.264 e. The van der Waals surface area contributed by atoms with Crippen LogP contribution in [-0.2, 0) is 4.18 Å². The number of H-pyrrole nitrogens is 1. The number of carbonyl (C=O) groups is 1. The molecule has 1 aromatic heterocycles. The summed E-state index contributed by atoms with van der Waals surface area (Å²) in [6.07, 6.45) is -0.894.